The third-order valence-corrected chi connectivity index (χ3v) is 5.19. The first-order valence-corrected chi connectivity index (χ1v) is 9.50. The zero-order valence-corrected chi connectivity index (χ0v) is 16.2. The fraction of sp³-hybridized carbons (Fsp3) is 0.286. The van der Waals surface area contributed by atoms with Crippen LogP contribution in [0.1, 0.15) is 23.7 Å². The molecule has 1 atom stereocenters. The fourth-order valence-corrected chi connectivity index (χ4v) is 3.45. The third kappa shape index (κ3) is 4.02. The quantitative estimate of drug-likeness (QED) is 0.629. The number of methoxy groups -OCH3 is 1. The average Bonchev–Trinajstić information content (AvgIpc) is 3.35. The van der Waals surface area contributed by atoms with E-state index in [-0.39, 0.29) is 11.8 Å². The van der Waals surface area contributed by atoms with Gasteiger partial charge in [0.2, 0.25) is 5.91 Å². The fourth-order valence-electron chi connectivity index (χ4n) is 3.33. The molecule has 1 aromatic heterocycles. The van der Waals surface area contributed by atoms with Crippen LogP contribution in [0.2, 0.25) is 5.02 Å². The Morgan fingerprint density at radius 3 is 2.64 bits per heavy atom. The van der Waals surface area contributed by atoms with Gasteiger partial charge in [-0.2, -0.15) is 4.98 Å². The topological polar surface area (TPSA) is 68.5 Å². The Morgan fingerprint density at radius 2 is 1.93 bits per heavy atom. The second-order valence-corrected chi connectivity index (χ2v) is 7.24. The Morgan fingerprint density at radius 1 is 1.18 bits per heavy atom. The first kappa shape index (κ1) is 18.5. The van der Waals surface area contributed by atoms with Gasteiger partial charge in [-0.05, 0) is 48.4 Å². The van der Waals surface area contributed by atoms with E-state index in [0.29, 0.717) is 36.2 Å². The highest BCUT2D eigenvalue weighted by molar-refractivity contribution is 6.30. The highest BCUT2D eigenvalue weighted by Crippen LogP contribution is 2.29. The molecule has 144 valence electrons. The second-order valence-electron chi connectivity index (χ2n) is 6.80. The molecule has 0 N–H and O–H groups in total. The van der Waals surface area contributed by atoms with E-state index >= 15 is 0 Å². The van der Waals surface area contributed by atoms with Gasteiger partial charge in [-0.25, -0.2) is 0 Å². The number of likely N-dealkylation sites (tertiary alicyclic amines) is 1. The molecule has 6 nitrogen and oxygen atoms in total. The van der Waals surface area contributed by atoms with Gasteiger partial charge in [-0.1, -0.05) is 28.9 Å². The van der Waals surface area contributed by atoms with Crippen molar-refractivity contribution in [1.82, 2.24) is 15.0 Å². The lowest BCUT2D eigenvalue weighted by atomic mass is 10.1. The summed E-state index contributed by atoms with van der Waals surface area (Å²) >= 11 is 5.92. The number of aromatic nitrogens is 2. The maximum atomic E-state index is 12.4. The number of amides is 1. The normalized spacial score (nSPS) is 16.6. The van der Waals surface area contributed by atoms with Crippen LogP contribution in [-0.4, -0.2) is 41.1 Å². The van der Waals surface area contributed by atoms with E-state index in [1.165, 1.54) is 0 Å². The van der Waals surface area contributed by atoms with Crippen molar-refractivity contribution in [1.29, 1.82) is 0 Å². The van der Waals surface area contributed by atoms with Crippen molar-refractivity contribution in [2.45, 2.75) is 18.8 Å². The molecule has 0 saturated carbocycles. The first-order valence-electron chi connectivity index (χ1n) is 9.12. The Labute approximate surface area is 168 Å². The smallest absolute Gasteiger partial charge is 0.257 e. The van der Waals surface area contributed by atoms with Crippen LogP contribution in [0.4, 0.5) is 0 Å². The van der Waals surface area contributed by atoms with Gasteiger partial charge in [-0.3, -0.25) is 4.79 Å². The minimum Gasteiger partial charge on any atom is -0.497 e. The largest absolute Gasteiger partial charge is 0.497 e. The third-order valence-electron chi connectivity index (χ3n) is 4.94. The molecule has 2 aromatic carbocycles. The number of benzene rings is 2. The van der Waals surface area contributed by atoms with Crippen LogP contribution in [0.25, 0.3) is 11.5 Å². The SMILES string of the molecule is COc1ccc(-c2nc(C3CC(=O)N(CCc4ccc(Cl)cc4)C3)no2)cc1. The predicted octanol–water partition coefficient (Wildman–Crippen LogP) is 3.96. The minimum absolute atomic E-state index is 0.0477. The highest BCUT2D eigenvalue weighted by Gasteiger charge is 2.33. The lowest BCUT2D eigenvalue weighted by molar-refractivity contribution is -0.127. The van der Waals surface area contributed by atoms with Gasteiger partial charge in [0.1, 0.15) is 5.75 Å². The number of nitrogens with zero attached hydrogens (tertiary/aromatic N) is 3. The molecule has 1 fully saturated rings. The monoisotopic (exact) mass is 397 g/mol. The summed E-state index contributed by atoms with van der Waals surface area (Å²) in [4.78, 5) is 18.8. The number of carbonyl (C=O) groups excluding carboxylic acids is 1. The van der Waals surface area contributed by atoms with Crippen molar-refractivity contribution < 1.29 is 14.1 Å². The average molecular weight is 398 g/mol. The van der Waals surface area contributed by atoms with E-state index in [1.54, 1.807) is 7.11 Å². The minimum atomic E-state index is -0.0477. The molecule has 1 aliphatic heterocycles. The maximum Gasteiger partial charge on any atom is 0.257 e. The van der Waals surface area contributed by atoms with Crippen molar-refractivity contribution in [3.63, 3.8) is 0 Å². The number of hydrogen-bond donors (Lipinski definition) is 0. The van der Waals surface area contributed by atoms with Gasteiger partial charge < -0.3 is 14.2 Å². The van der Waals surface area contributed by atoms with Crippen LogP contribution >= 0.6 is 11.6 Å². The van der Waals surface area contributed by atoms with E-state index in [9.17, 15) is 4.79 Å². The van der Waals surface area contributed by atoms with E-state index in [2.05, 4.69) is 10.1 Å². The van der Waals surface area contributed by atoms with Gasteiger partial charge >= 0.3 is 0 Å². The standard InChI is InChI=1S/C21H20ClN3O3/c1-27-18-8-4-15(5-9-18)21-23-20(24-28-21)16-12-19(26)25(13-16)11-10-14-2-6-17(22)7-3-14/h2-9,16H,10-13H2,1H3. The molecule has 1 aliphatic rings. The van der Waals surface area contributed by atoms with Crippen LogP contribution in [-0.2, 0) is 11.2 Å². The molecule has 3 aromatic rings. The number of carbonyl (C=O) groups is 1. The molecule has 7 heteroatoms. The Balaban J connectivity index is 1.39. The molecule has 1 unspecified atom stereocenters. The van der Waals surface area contributed by atoms with E-state index < -0.39 is 0 Å². The summed E-state index contributed by atoms with van der Waals surface area (Å²) in [5.41, 5.74) is 1.98. The summed E-state index contributed by atoms with van der Waals surface area (Å²) in [6.45, 7) is 1.27. The maximum absolute atomic E-state index is 12.4. The Bertz CT molecular complexity index is 954. The lowest BCUT2D eigenvalue weighted by Gasteiger charge is -2.15. The van der Waals surface area contributed by atoms with Gasteiger partial charge in [0.25, 0.3) is 5.89 Å². The number of rotatable bonds is 6. The van der Waals surface area contributed by atoms with Crippen molar-refractivity contribution in [2.24, 2.45) is 0 Å². The van der Waals surface area contributed by atoms with Gasteiger partial charge in [0, 0.05) is 36.0 Å². The van der Waals surface area contributed by atoms with Gasteiger partial charge in [-0.15, -0.1) is 0 Å². The summed E-state index contributed by atoms with van der Waals surface area (Å²) in [6, 6.07) is 15.1. The number of ether oxygens (including phenoxy) is 1. The van der Waals surface area contributed by atoms with E-state index in [1.807, 2.05) is 53.4 Å². The summed E-state index contributed by atoms with van der Waals surface area (Å²) < 4.78 is 10.6. The molecule has 0 bridgehead atoms. The van der Waals surface area contributed by atoms with Gasteiger partial charge in [0.15, 0.2) is 5.82 Å². The molecule has 0 spiro atoms. The molecule has 1 saturated heterocycles. The van der Waals surface area contributed by atoms with Crippen molar-refractivity contribution in [3.05, 3.63) is 64.9 Å². The second kappa shape index (κ2) is 8.02. The molecule has 28 heavy (non-hydrogen) atoms. The zero-order valence-electron chi connectivity index (χ0n) is 15.5. The lowest BCUT2D eigenvalue weighted by Crippen LogP contribution is -2.27. The highest BCUT2D eigenvalue weighted by atomic mass is 35.5. The van der Waals surface area contributed by atoms with Crippen LogP contribution in [0, 0.1) is 0 Å². The Kier molecular flexibility index (Phi) is 5.30. The summed E-state index contributed by atoms with van der Waals surface area (Å²) in [5.74, 6) is 1.86. The summed E-state index contributed by atoms with van der Waals surface area (Å²) in [5, 5.41) is 4.82. The predicted molar refractivity (Wildman–Crippen MR) is 105 cm³/mol. The van der Waals surface area contributed by atoms with Crippen LogP contribution < -0.4 is 4.74 Å². The Hall–Kier alpha value is -2.86. The number of hydrogen-bond acceptors (Lipinski definition) is 5. The van der Waals surface area contributed by atoms with Crippen LogP contribution in [0.15, 0.2) is 53.1 Å². The van der Waals surface area contributed by atoms with Crippen molar-refractivity contribution >= 4 is 17.5 Å². The summed E-state index contributed by atoms with van der Waals surface area (Å²) in [6.07, 6.45) is 1.20. The molecular weight excluding hydrogens is 378 g/mol. The van der Waals surface area contributed by atoms with E-state index in [4.69, 9.17) is 20.9 Å². The molecular formula is C21H20ClN3O3. The number of halogens is 1. The van der Waals surface area contributed by atoms with Crippen LogP contribution in [0.5, 0.6) is 5.75 Å². The molecule has 0 aliphatic carbocycles. The van der Waals surface area contributed by atoms with Crippen LogP contribution in [0.3, 0.4) is 0 Å². The summed E-state index contributed by atoms with van der Waals surface area (Å²) in [7, 11) is 1.62. The molecule has 1 amide bonds. The molecule has 0 radical (unpaired) electrons. The van der Waals surface area contributed by atoms with E-state index in [0.717, 1.165) is 23.3 Å². The molecule has 4 rings (SSSR count). The first-order chi connectivity index (χ1) is 13.6. The van der Waals surface area contributed by atoms with Gasteiger partial charge in [0.05, 0.1) is 7.11 Å². The molecule has 2 heterocycles. The zero-order chi connectivity index (χ0) is 19.5. The van der Waals surface area contributed by atoms with Crippen molar-refractivity contribution in [2.75, 3.05) is 20.2 Å². The van der Waals surface area contributed by atoms with Crippen molar-refractivity contribution in [3.8, 4) is 17.2 Å².